The molecule has 0 saturated heterocycles. The zero-order valence-electron chi connectivity index (χ0n) is 18.7. The molecule has 1 aliphatic rings. The van der Waals surface area contributed by atoms with E-state index in [2.05, 4.69) is 10.2 Å². The number of hydrogen-bond acceptors (Lipinski definition) is 6. The van der Waals surface area contributed by atoms with Crippen molar-refractivity contribution in [1.82, 2.24) is 15.1 Å². The molecular formula is C24H26ClN3O5. The summed E-state index contributed by atoms with van der Waals surface area (Å²) >= 11 is 6.34. The summed E-state index contributed by atoms with van der Waals surface area (Å²) in [5.41, 5.74) is 3.36. The number of carbonyl (C=O) groups is 1. The lowest BCUT2D eigenvalue weighted by molar-refractivity contribution is 0.0723. The Morgan fingerprint density at radius 3 is 2.73 bits per heavy atom. The highest BCUT2D eigenvalue weighted by Gasteiger charge is 2.42. The number of nitrogens with one attached hydrogen (secondary N) is 1. The molecule has 2 aromatic carbocycles. The molecule has 2 heterocycles. The Balaban J connectivity index is 1.87. The number of aromatic hydroxyl groups is 2. The van der Waals surface area contributed by atoms with Crippen molar-refractivity contribution in [3.05, 3.63) is 57.7 Å². The van der Waals surface area contributed by atoms with Gasteiger partial charge in [-0.2, -0.15) is 5.10 Å². The molecule has 1 aromatic heterocycles. The van der Waals surface area contributed by atoms with Crippen LogP contribution in [0.4, 0.5) is 0 Å². The fraction of sp³-hybridized carbons (Fsp3) is 0.333. The Morgan fingerprint density at radius 1 is 1.21 bits per heavy atom. The topological polar surface area (TPSA) is 108 Å². The van der Waals surface area contributed by atoms with Crippen molar-refractivity contribution in [2.45, 2.75) is 26.3 Å². The van der Waals surface area contributed by atoms with Gasteiger partial charge < -0.3 is 24.6 Å². The van der Waals surface area contributed by atoms with Crippen LogP contribution in [0.2, 0.25) is 5.02 Å². The SMILES string of the molecule is CCOc1cc([C@H]2c3c(-c4cc(Cl)c(C)cc4O)n[nH]c3C(=O)N2CCCOC)ccc1O. The van der Waals surface area contributed by atoms with E-state index in [4.69, 9.17) is 21.1 Å². The smallest absolute Gasteiger partial charge is 0.273 e. The number of fused-ring (bicyclic) bond motifs is 1. The Morgan fingerprint density at radius 2 is 2.00 bits per heavy atom. The quantitative estimate of drug-likeness (QED) is 0.419. The molecule has 3 N–H and O–H groups in total. The average molecular weight is 472 g/mol. The van der Waals surface area contributed by atoms with Gasteiger partial charge in [0.25, 0.3) is 5.91 Å². The fourth-order valence-corrected chi connectivity index (χ4v) is 4.35. The van der Waals surface area contributed by atoms with Crippen LogP contribution in [0.25, 0.3) is 11.3 Å². The monoisotopic (exact) mass is 471 g/mol. The van der Waals surface area contributed by atoms with E-state index in [1.54, 1.807) is 49.3 Å². The summed E-state index contributed by atoms with van der Waals surface area (Å²) in [5.74, 6) is 0.176. The molecule has 1 atom stereocenters. The van der Waals surface area contributed by atoms with E-state index in [0.29, 0.717) is 59.5 Å². The number of phenols is 2. The summed E-state index contributed by atoms with van der Waals surface area (Å²) in [5, 5.41) is 28.6. The van der Waals surface area contributed by atoms with Crippen molar-refractivity contribution >= 4 is 17.5 Å². The number of benzene rings is 2. The van der Waals surface area contributed by atoms with Crippen molar-refractivity contribution < 1.29 is 24.5 Å². The number of nitrogens with zero attached hydrogens (tertiary/aromatic N) is 2. The molecule has 0 radical (unpaired) electrons. The van der Waals surface area contributed by atoms with Gasteiger partial charge in [-0.25, -0.2) is 0 Å². The maximum Gasteiger partial charge on any atom is 0.273 e. The molecule has 0 fully saturated rings. The largest absolute Gasteiger partial charge is 0.507 e. The second kappa shape index (κ2) is 9.33. The van der Waals surface area contributed by atoms with Crippen LogP contribution in [0.5, 0.6) is 17.2 Å². The van der Waals surface area contributed by atoms with Gasteiger partial charge in [-0.1, -0.05) is 17.7 Å². The van der Waals surface area contributed by atoms with Gasteiger partial charge in [-0.05, 0) is 55.7 Å². The number of H-pyrrole nitrogens is 1. The number of aryl methyl sites for hydroxylation is 1. The highest BCUT2D eigenvalue weighted by atomic mass is 35.5. The zero-order valence-corrected chi connectivity index (χ0v) is 19.4. The Bertz CT molecular complexity index is 1190. The standard InChI is InChI=1S/C24H26ClN3O5/c1-4-33-19-11-14(6-7-17(19)29)23-20-21(15-12-16(25)13(2)10-18(15)30)26-27-22(20)24(31)28(23)8-5-9-32-3/h6-7,10-12,23,29-30H,4-5,8-9H2,1-3H3,(H,26,27)/t23-/m0/s1. The van der Waals surface area contributed by atoms with Gasteiger partial charge in [0.15, 0.2) is 11.5 Å². The predicted octanol–water partition coefficient (Wildman–Crippen LogP) is 4.43. The minimum Gasteiger partial charge on any atom is -0.507 e. The highest BCUT2D eigenvalue weighted by molar-refractivity contribution is 6.31. The number of halogens is 1. The van der Waals surface area contributed by atoms with E-state index in [0.717, 1.165) is 11.1 Å². The van der Waals surface area contributed by atoms with Crippen molar-refractivity contribution in [3.8, 4) is 28.5 Å². The predicted molar refractivity (Wildman–Crippen MR) is 124 cm³/mol. The van der Waals surface area contributed by atoms with E-state index < -0.39 is 6.04 Å². The number of hydrogen-bond donors (Lipinski definition) is 3. The number of aromatic nitrogens is 2. The van der Waals surface area contributed by atoms with Gasteiger partial charge in [-0.3, -0.25) is 9.89 Å². The minimum absolute atomic E-state index is 0.0199. The molecule has 0 unspecified atom stereocenters. The Labute approximate surface area is 196 Å². The van der Waals surface area contributed by atoms with E-state index >= 15 is 0 Å². The molecule has 8 nitrogen and oxygen atoms in total. The lowest BCUT2D eigenvalue weighted by Gasteiger charge is -2.27. The van der Waals surface area contributed by atoms with Crippen LogP contribution in [0.15, 0.2) is 30.3 Å². The minimum atomic E-state index is -0.502. The van der Waals surface area contributed by atoms with Crippen molar-refractivity contribution in [2.75, 3.05) is 26.9 Å². The summed E-state index contributed by atoms with van der Waals surface area (Å²) in [6.07, 6.45) is 0.643. The van der Waals surface area contributed by atoms with Crippen LogP contribution in [-0.2, 0) is 4.74 Å². The summed E-state index contributed by atoms with van der Waals surface area (Å²) in [7, 11) is 1.62. The first-order valence-corrected chi connectivity index (χ1v) is 11.1. The first kappa shape index (κ1) is 22.9. The molecule has 4 rings (SSSR count). The number of aromatic amines is 1. The van der Waals surface area contributed by atoms with Gasteiger partial charge in [0.1, 0.15) is 17.1 Å². The number of rotatable bonds is 8. The second-order valence-electron chi connectivity index (χ2n) is 7.89. The van der Waals surface area contributed by atoms with E-state index in [9.17, 15) is 15.0 Å². The first-order valence-electron chi connectivity index (χ1n) is 10.7. The summed E-state index contributed by atoms with van der Waals surface area (Å²) < 4.78 is 10.8. The summed E-state index contributed by atoms with van der Waals surface area (Å²) in [6.45, 7) is 4.97. The number of methoxy groups -OCH3 is 1. The van der Waals surface area contributed by atoms with E-state index in [-0.39, 0.29) is 17.4 Å². The van der Waals surface area contributed by atoms with Crippen molar-refractivity contribution in [1.29, 1.82) is 0 Å². The van der Waals surface area contributed by atoms with Gasteiger partial charge >= 0.3 is 0 Å². The molecular weight excluding hydrogens is 446 g/mol. The summed E-state index contributed by atoms with van der Waals surface area (Å²) in [4.78, 5) is 15.1. The number of phenolic OH excluding ortho intramolecular Hbond substituents is 2. The van der Waals surface area contributed by atoms with E-state index in [1.807, 2.05) is 6.92 Å². The third kappa shape index (κ3) is 4.12. The molecule has 0 spiro atoms. The van der Waals surface area contributed by atoms with Crippen molar-refractivity contribution in [3.63, 3.8) is 0 Å². The molecule has 9 heteroatoms. The highest BCUT2D eigenvalue weighted by Crippen LogP contribution is 2.46. The van der Waals surface area contributed by atoms with Crippen LogP contribution in [0, 0.1) is 6.92 Å². The van der Waals surface area contributed by atoms with Crippen LogP contribution in [0.1, 0.15) is 46.6 Å². The van der Waals surface area contributed by atoms with Crippen LogP contribution >= 0.6 is 11.6 Å². The molecule has 3 aromatic rings. The zero-order chi connectivity index (χ0) is 23.7. The summed E-state index contributed by atoms with van der Waals surface area (Å²) in [6, 6.07) is 7.77. The average Bonchev–Trinajstić information content (AvgIpc) is 3.32. The number of amides is 1. The normalized spacial score (nSPS) is 15.2. The molecule has 0 saturated carbocycles. The van der Waals surface area contributed by atoms with Gasteiger partial charge in [0.2, 0.25) is 0 Å². The Kier molecular flexibility index (Phi) is 6.49. The number of carbonyl (C=O) groups excluding carboxylic acids is 1. The first-order chi connectivity index (χ1) is 15.9. The van der Waals surface area contributed by atoms with E-state index in [1.165, 1.54) is 0 Å². The number of ether oxygens (including phenoxy) is 2. The molecule has 1 aliphatic heterocycles. The fourth-order valence-electron chi connectivity index (χ4n) is 4.19. The maximum atomic E-state index is 13.3. The van der Waals surface area contributed by atoms with Gasteiger partial charge in [0.05, 0.1) is 12.6 Å². The third-order valence-electron chi connectivity index (χ3n) is 5.74. The molecule has 0 aliphatic carbocycles. The molecule has 1 amide bonds. The molecule has 174 valence electrons. The van der Waals surface area contributed by atoms with Crippen molar-refractivity contribution in [2.24, 2.45) is 0 Å². The van der Waals surface area contributed by atoms with Gasteiger partial charge in [-0.15, -0.1) is 0 Å². The Hall–Kier alpha value is -3.23. The third-order valence-corrected chi connectivity index (χ3v) is 6.15. The molecule has 0 bridgehead atoms. The lowest BCUT2D eigenvalue weighted by atomic mass is 9.95. The van der Waals surface area contributed by atoms with Crippen LogP contribution in [0.3, 0.4) is 0 Å². The van der Waals surface area contributed by atoms with Crippen LogP contribution in [-0.4, -0.2) is 58.1 Å². The second-order valence-corrected chi connectivity index (χ2v) is 8.29. The van der Waals surface area contributed by atoms with Crippen LogP contribution < -0.4 is 4.74 Å². The molecule has 33 heavy (non-hydrogen) atoms. The maximum absolute atomic E-state index is 13.3. The van der Waals surface area contributed by atoms with Gasteiger partial charge in [0, 0.05) is 36.4 Å². The lowest BCUT2D eigenvalue weighted by Crippen LogP contribution is -2.31.